The van der Waals surface area contributed by atoms with Crippen LogP contribution >= 0.6 is 0 Å². The van der Waals surface area contributed by atoms with Crippen molar-refractivity contribution in [1.29, 1.82) is 0 Å². The highest BCUT2D eigenvalue weighted by atomic mass is 32.2. The number of benzene rings is 2. The Morgan fingerprint density at radius 3 is 2.39 bits per heavy atom. The van der Waals surface area contributed by atoms with Crippen LogP contribution in [0.4, 0.5) is 11.5 Å². The lowest BCUT2D eigenvalue weighted by atomic mass is 10.1. The summed E-state index contributed by atoms with van der Waals surface area (Å²) in [6.45, 7) is 3.39. The van der Waals surface area contributed by atoms with Crippen molar-refractivity contribution in [3.8, 4) is 11.3 Å². The molecule has 0 unspecified atom stereocenters. The largest absolute Gasteiger partial charge is 0.345 e. The van der Waals surface area contributed by atoms with E-state index >= 15 is 0 Å². The highest BCUT2D eigenvalue weighted by Gasteiger charge is 2.57. The molecule has 4 aromatic rings. The predicted molar refractivity (Wildman–Crippen MR) is 139 cm³/mol. The molecule has 2 aromatic heterocycles. The van der Waals surface area contributed by atoms with Crippen LogP contribution in [0.25, 0.3) is 22.3 Å². The Morgan fingerprint density at radius 1 is 1.00 bits per heavy atom. The molecule has 0 aliphatic carbocycles. The molecule has 198 valence electrons. The van der Waals surface area contributed by atoms with E-state index in [1.807, 2.05) is 60.7 Å². The number of aromatic nitrogens is 4. The zero-order valence-corrected chi connectivity index (χ0v) is 21.8. The number of hydrogen-bond donors (Lipinski definition) is 1. The lowest BCUT2D eigenvalue weighted by Crippen LogP contribution is -2.33. The van der Waals surface area contributed by atoms with Crippen molar-refractivity contribution in [1.82, 2.24) is 19.7 Å². The molecule has 2 aliphatic heterocycles. The zero-order chi connectivity index (χ0) is 26.5. The highest BCUT2D eigenvalue weighted by Crippen LogP contribution is 2.45. The molecule has 4 atom stereocenters. The Hall–Kier alpha value is -3.42. The van der Waals surface area contributed by atoms with Crippen LogP contribution < -0.4 is 5.32 Å². The maximum Gasteiger partial charge on any atom is 0.264 e. The Morgan fingerprint density at radius 2 is 1.68 bits per heavy atom. The van der Waals surface area contributed by atoms with E-state index in [1.165, 1.54) is 6.33 Å². The van der Waals surface area contributed by atoms with Crippen molar-refractivity contribution in [2.45, 2.75) is 44.2 Å². The second-order valence-corrected chi connectivity index (χ2v) is 11.3. The predicted octanol–water partition coefficient (Wildman–Crippen LogP) is 3.63. The smallest absolute Gasteiger partial charge is 0.264 e. The van der Waals surface area contributed by atoms with Gasteiger partial charge in [-0.2, -0.15) is 13.5 Å². The fourth-order valence-corrected chi connectivity index (χ4v) is 5.26. The molecule has 6 rings (SSSR count). The molecule has 1 N–H and O–H groups in total. The Kier molecular flexibility index (Phi) is 6.16. The monoisotopic (exact) mass is 537 g/mol. The lowest BCUT2D eigenvalue weighted by molar-refractivity contribution is -0.200. The van der Waals surface area contributed by atoms with Crippen molar-refractivity contribution < 1.29 is 26.8 Å². The fraction of sp³-hybridized carbons (Fsp3) is 0.346. The minimum absolute atomic E-state index is 0.212. The summed E-state index contributed by atoms with van der Waals surface area (Å²) in [5.74, 6) is -0.317. The van der Waals surface area contributed by atoms with E-state index in [-0.39, 0.29) is 6.61 Å². The van der Waals surface area contributed by atoms with Crippen LogP contribution in [0.5, 0.6) is 0 Å². The van der Waals surface area contributed by atoms with E-state index in [0.29, 0.717) is 22.5 Å². The maximum atomic E-state index is 11.7. The summed E-state index contributed by atoms with van der Waals surface area (Å²) in [7, 11) is -3.68. The first-order valence-corrected chi connectivity index (χ1v) is 14.0. The van der Waals surface area contributed by atoms with Crippen LogP contribution in [-0.2, 0) is 28.5 Å². The molecule has 38 heavy (non-hydrogen) atoms. The minimum Gasteiger partial charge on any atom is -0.345 e. The molecule has 2 aromatic carbocycles. The van der Waals surface area contributed by atoms with E-state index in [2.05, 4.69) is 15.3 Å². The molecule has 2 aliphatic rings. The zero-order valence-electron chi connectivity index (χ0n) is 21.0. The standard InChI is InChI=1S/C26H27N5O6S/c1-26(2)36-21-18(14-34-38(3,32)33)35-25(22(21)37-26)31-24-19(20(30-31)16-10-6-4-7-11-16)23(27-15-28-24)29-17-12-8-5-9-13-17/h4-13,15,18,21-22,25H,14H2,1-3H3,(H,27,28,29)/t18-,21+,22+,25+/m0/s1. The van der Waals surface area contributed by atoms with Crippen LogP contribution in [0.15, 0.2) is 67.0 Å². The van der Waals surface area contributed by atoms with Crippen molar-refractivity contribution in [3.63, 3.8) is 0 Å². The summed E-state index contributed by atoms with van der Waals surface area (Å²) in [4.78, 5) is 9.11. The van der Waals surface area contributed by atoms with Crippen molar-refractivity contribution >= 4 is 32.7 Å². The third-order valence-electron chi connectivity index (χ3n) is 6.39. The van der Waals surface area contributed by atoms with E-state index in [1.54, 1.807) is 18.5 Å². The molecule has 0 spiro atoms. The van der Waals surface area contributed by atoms with Gasteiger partial charge in [0.2, 0.25) is 0 Å². The number of rotatable bonds is 7. The van der Waals surface area contributed by atoms with Gasteiger partial charge in [-0.3, -0.25) is 4.18 Å². The fourth-order valence-electron chi connectivity index (χ4n) is 4.88. The number of nitrogens with zero attached hydrogens (tertiary/aromatic N) is 4. The van der Waals surface area contributed by atoms with Crippen LogP contribution in [0, 0.1) is 0 Å². The van der Waals surface area contributed by atoms with Crippen LogP contribution in [0.3, 0.4) is 0 Å². The first kappa shape index (κ1) is 24.9. The second-order valence-electron chi connectivity index (χ2n) is 9.69. The number of anilines is 2. The first-order chi connectivity index (χ1) is 18.2. The Balaban J connectivity index is 1.47. The summed E-state index contributed by atoms with van der Waals surface area (Å²) in [6.07, 6.45) is -0.143. The maximum absolute atomic E-state index is 11.7. The third kappa shape index (κ3) is 4.76. The molecule has 0 amide bonds. The summed E-state index contributed by atoms with van der Waals surface area (Å²) in [5.41, 5.74) is 2.93. The number of fused-ring (bicyclic) bond motifs is 2. The Bertz CT molecular complexity index is 1560. The van der Waals surface area contributed by atoms with Gasteiger partial charge in [0.15, 0.2) is 17.7 Å². The molecular formula is C26H27N5O6S. The topological polar surface area (TPSA) is 127 Å². The highest BCUT2D eigenvalue weighted by molar-refractivity contribution is 7.85. The summed E-state index contributed by atoms with van der Waals surface area (Å²) >= 11 is 0. The van der Waals surface area contributed by atoms with Gasteiger partial charge in [0.05, 0.1) is 18.2 Å². The van der Waals surface area contributed by atoms with E-state index in [0.717, 1.165) is 17.5 Å². The number of ether oxygens (including phenoxy) is 3. The van der Waals surface area contributed by atoms with E-state index < -0.39 is 40.4 Å². The van der Waals surface area contributed by atoms with Gasteiger partial charge in [0, 0.05) is 11.3 Å². The van der Waals surface area contributed by atoms with Crippen LogP contribution in [-0.4, -0.2) is 65.1 Å². The molecule has 4 heterocycles. The SMILES string of the molecule is CC1(C)O[C@@H]2[C@H](O1)[C@H](COS(C)(=O)=O)O[C@H]2n1nc(-c2ccccc2)c2c(Nc3ccccc3)ncnc21. The average molecular weight is 538 g/mol. The molecule has 0 bridgehead atoms. The molecule has 2 saturated heterocycles. The number of nitrogens with one attached hydrogen (secondary N) is 1. The van der Waals surface area contributed by atoms with Crippen LogP contribution in [0.2, 0.25) is 0 Å². The van der Waals surface area contributed by atoms with E-state index in [4.69, 9.17) is 23.5 Å². The average Bonchev–Trinajstić information content (AvgIpc) is 3.52. The third-order valence-corrected chi connectivity index (χ3v) is 6.95. The Labute approximate surface area is 219 Å². The first-order valence-electron chi connectivity index (χ1n) is 12.1. The molecule has 0 saturated carbocycles. The van der Waals surface area contributed by atoms with Gasteiger partial charge in [-0.15, -0.1) is 0 Å². The van der Waals surface area contributed by atoms with Crippen molar-refractivity contribution in [2.24, 2.45) is 0 Å². The van der Waals surface area contributed by atoms with Gasteiger partial charge in [-0.25, -0.2) is 14.6 Å². The molecule has 0 radical (unpaired) electrons. The summed E-state index contributed by atoms with van der Waals surface area (Å²) < 4.78 is 48.7. The van der Waals surface area contributed by atoms with Gasteiger partial charge in [0.1, 0.15) is 36.2 Å². The summed E-state index contributed by atoms with van der Waals surface area (Å²) in [5, 5.41) is 9.03. The van der Waals surface area contributed by atoms with Gasteiger partial charge < -0.3 is 19.5 Å². The molecule has 2 fully saturated rings. The molecule has 12 heteroatoms. The van der Waals surface area contributed by atoms with Crippen molar-refractivity contribution in [2.75, 3.05) is 18.2 Å². The van der Waals surface area contributed by atoms with Crippen molar-refractivity contribution in [3.05, 3.63) is 67.0 Å². The molecule has 11 nitrogen and oxygen atoms in total. The quantitative estimate of drug-likeness (QED) is 0.349. The molecular weight excluding hydrogens is 510 g/mol. The minimum atomic E-state index is -3.68. The van der Waals surface area contributed by atoms with Gasteiger partial charge >= 0.3 is 0 Å². The second kappa shape index (κ2) is 9.40. The normalized spacial score (nSPS) is 24.5. The number of para-hydroxylation sites is 1. The van der Waals surface area contributed by atoms with E-state index in [9.17, 15) is 8.42 Å². The van der Waals surface area contributed by atoms with Gasteiger partial charge in [-0.05, 0) is 26.0 Å². The summed E-state index contributed by atoms with van der Waals surface area (Å²) in [6, 6.07) is 19.4. The number of hydrogen-bond acceptors (Lipinski definition) is 10. The van der Waals surface area contributed by atoms with Gasteiger partial charge in [0.25, 0.3) is 10.1 Å². The lowest BCUT2D eigenvalue weighted by Gasteiger charge is -2.24. The van der Waals surface area contributed by atoms with Gasteiger partial charge in [-0.1, -0.05) is 48.5 Å². The van der Waals surface area contributed by atoms with Crippen LogP contribution in [0.1, 0.15) is 20.1 Å².